The molecule has 94 valence electrons. The molecule has 0 radical (unpaired) electrons. The highest BCUT2D eigenvalue weighted by atomic mass is 16.1. The van der Waals surface area contributed by atoms with Gasteiger partial charge in [-0.3, -0.25) is 4.79 Å². The zero-order valence-corrected chi connectivity index (χ0v) is 10.8. The van der Waals surface area contributed by atoms with Crippen molar-refractivity contribution in [3.8, 4) is 0 Å². The summed E-state index contributed by atoms with van der Waals surface area (Å²) in [6, 6.07) is 9.32. The highest BCUT2D eigenvalue weighted by Crippen LogP contribution is 2.16. The van der Waals surface area contributed by atoms with Crippen LogP contribution in [0.2, 0.25) is 0 Å². The molecule has 0 saturated carbocycles. The molecule has 2 aromatic rings. The molecule has 2 rings (SSSR count). The molecule has 0 saturated heterocycles. The lowest BCUT2D eigenvalue weighted by molar-refractivity contribution is 0.573. The molecule has 1 atom stereocenters. The Morgan fingerprint density at radius 3 is 2.39 bits per heavy atom. The summed E-state index contributed by atoms with van der Waals surface area (Å²) >= 11 is 0. The largest absolute Gasteiger partial charge is 0.352 e. The Bertz CT molecular complexity index is 581. The molecule has 1 aromatic carbocycles. The molecule has 0 aliphatic heterocycles. The van der Waals surface area contributed by atoms with E-state index in [-0.39, 0.29) is 11.5 Å². The number of nitrogens with two attached hydrogens (primary N) is 1. The molecule has 3 nitrogen and oxygen atoms in total. The molecule has 18 heavy (non-hydrogen) atoms. The maximum Gasteiger partial charge on any atom is 0.181 e. The van der Waals surface area contributed by atoms with Gasteiger partial charge in [0.25, 0.3) is 0 Å². The molecule has 0 spiro atoms. The van der Waals surface area contributed by atoms with Gasteiger partial charge in [0.1, 0.15) is 0 Å². The van der Waals surface area contributed by atoms with E-state index in [1.165, 1.54) is 11.1 Å². The zero-order valence-electron chi connectivity index (χ0n) is 10.8. The molecule has 0 fully saturated rings. The van der Waals surface area contributed by atoms with Crippen LogP contribution in [-0.2, 0) is 6.54 Å². The topological polar surface area (TPSA) is 48.0 Å². The SMILES string of the molecule is Cc1ccc(C(N)Cn2ccc(=O)cc2)cc1C. The minimum absolute atomic E-state index is 0.0194. The Morgan fingerprint density at radius 1 is 1.11 bits per heavy atom. The van der Waals surface area contributed by atoms with Crippen LogP contribution in [0, 0.1) is 13.8 Å². The average Bonchev–Trinajstić information content (AvgIpc) is 2.35. The second-order valence-corrected chi connectivity index (χ2v) is 4.68. The van der Waals surface area contributed by atoms with Crippen molar-refractivity contribution in [1.29, 1.82) is 0 Å². The van der Waals surface area contributed by atoms with Gasteiger partial charge in [-0.05, 0) is 30.5 Å². The van der Waals surface area contributed by atoms with E-state index in [9.17, 15) is 4.79 Å². The fraction of sp³-hybridized carbons (Fsp3) is 0.267. The fourth-order valence-electron chi connectivity index (χ4n) is 1.89. The molecule has 1 unspecified atom stereocenters. The summed E-state index contributed by atoms with van der Waals surface area (Å²) in [4.78, 5) is 11.0. The third-order valence-corrected chi connectivity index (χ3v) is 3.23. The molecule has 2 N–H and O–H groups in total. The number of hydrogen-bond acceptors (Lipinski definition) is 2. The monoisotopic (exact) mass is 242 g/mol. The van der Waals surface area contributed by atoms with Crippen molar-refractivity contribution in [2.45, 2.75) is 26.4 Å². The van der Waals surface area contributed by atoms with Crippen molar-refractivity contribution in [1.82, 2.24) is 4.57 Å². The van der Waals surface area contributed by atoms with Crippen LogP contribution in [0.1, 0.15) is 22.7 Å². The van der Waals surface area contributed by atoms with Crippen molar-refractivity contribution in [3.63, 3.8) is 0 Å². The van der Waals surface area contributed by atoms with Gasteiger partial charge in [-0.1, -0.05) is 18.2 Å². The van der Waals surface area contributed by atoms with E-state index in [2.05, 4.69) is 32.0 Å². The first kappa shape index (κ1) is 12.6. The zero-order chi connectivity index (χ0) is 13.1. The summed E-state index contributed by atoms with van der Waals surface area (Å²) in [5.41, 5.74) is 9.85. The molecule has 0 amide bonds. The van der Waals surface area contributed by atoms with Gasteiger partial charge in [0.05, 0.1) is 0 Å². The van der Waals surface area contributed by atoms with Crippen molar-refractivity contribution in [2.75, 3.05) is 0 Å². The summed E-state index contributed by atoms with van der Waals surface area (Å²) in [6.07, 6.45) is 3.53. The summed E-state index contributed by atoms with van der Waals surface area (Å²) in [7, 11) is 0. The second-order valence-electron chi connectivity index (χ2n) is 4.68. The van der Waals surface area contributed by atoms with Crippen LogP contribution < -0.4 is 11.2 Å². The average molecular weight is 242 g/mol. The van der Waals surface area contributed by atoms with Crippen LogP contribution in [-0.4, -0.2) is 4.57 Å². The van der Waals surface area contributed by atoms with Gasteiger partial charge in [-0.15, -0.1) is 0 Å². The van der Waals surface area contributed by atoms with Crippen molar-refractivity contribution >= 4 is 0 Å². The lowest BCUT2D eigenvalue weighted by Crippen LogP contribution is -2.18. The van der Waals surface area contributed by atoms with Gasteiger partial charge in [-0.2, -0.15) is 0 Å². The summed E-state index contributed by atoms with van der Waals surface area (Å²) in [6.45, 7) is 4.85. The van der Waals surface area contributed by atoms with E-state index in [1.54, 1.807) is 24.5 Å². The van der Waals surface area contributed by atoms with Crippen LogP contribution in [0.3, 0.4) is 0 Å². The number of aromatic nitrogens is 1. The number of nitrogens with zero attached hydrogens (tertiary/aromatic N) is 1. The molecule has 1 heterocycles. The molecule has 1 aromatic heterocycles. The van der Waals surface area contributed by atoms with Crippen LogP contribution in [0.4, 0.5) is 0 Å². The van der Waals surface area contributed by atoms with E-state index in [4.69, 9.17) is 5.73 Å². The number of rotatable bonds is 3. The Labute approximate surface area is 107 Å². The Kier molecular flexibility index (Phi) is 3.63. The van der Waals surface area contributed by atoms with Crippen LogP contribution in [0.25, 0.3) is 0 Å². The maximum absolute atomic E-state index is 11.0. The number of benzene rings is 1. The molecule has 0 aliphatic carbocycles. The molecule has 0 aliphatic rings. The van der Waals surface area contributed by atoms with E-state index in [0.29, 0.717) is 6.54 Å². The highest BCUT2D eigenvalue weighted by Gasteiger charge is 2.07. The normalized spacial score (nSPS) is 12.4. The number of pyridine rings is 1. The fourth-order valence-corrected chi connectivity index (χ4v) is 1.89. The maximum atomic E-state index is 11.0. The van der Waals surface area contributed by atoms with Gasteiger partial charge in [0, 0.05) is 37.1 Å². The summed E-state index contributed by atoms with van der Waals surface area (Å²) in [5.74, 6) is 0. The van der Waals surface area contributed by atoms with Crippen LogP contribution >= 0.6 is 0 Å². The van der Waals surface area contributed by atoms with Crippen LogP contribution in [0.5, 0.6) is 0 Å². The molecular weight excluding hydrogens is 224 g/mol. The van der Waals surface area contributed by atoms with Gasteiger partial charge < -0.3 is 10.3 Å². The predicted molar refractivity (Wildman–Crippen MR) is 73.5 cm³/mol. The van der Waals surface area contributed by atoms with Crippen LogP contribution in [0.15, 0.2) is 47.5 Å². The molecule has 3 heteroatoms. The van der Waals surface area contributed by atoms with Gasteiger partial charge in [0.15, 0.2) is 5.43 Å². The van der Waals surface area contributed by atoms with E-state index in [0.717, 1.165) is 5.56 Å². The minimum Gasteiger partial charge on any atom is -0.352 e. The quantitative estimate of drug-likeness (QED) is 0.896. The minimum atomic E-state index is -0.0631. The predicted octanol–water partition coefficient (Wildman–Crippen LogP) is 2.17. The van der Waals surface area contributed by atoms with Gasteiger partial charge >= 0.3 is 0 Å². The van der Waals surface area contributed by atoms with E-state index < -0.39 is 0 Å². The standard InChI is InChI=1S/C15H18N2O/c1-11-3-4-13(9-12(11)2)15(16)10-17-7-5-14(18)6-8-17/h3-9,15H,10,16H2,1-2H3. The van der Waals surface area contributed by atoms with Gasteiger partial charge in [0.2, 0.25) is 0 Å². The molecular formula is C15H18N2O. The lowest BCUT2D eigenvalue weighted by atomic mass is 10.0. The highest BCUT2D eigenvalue weighted by molar-refractivity contribution is 5.31. The number of aryl methyl sites for hydroxylation is 2. The Hall–Kier alpha value is -1.87. The smallest absolute Gasteiger partial charge is 0.181 e. The first-order valence-electron chi connectivity index (χ1n) is 6.05. The third-order valence-electron chi connectivity index (χ3n) is 3.23. The Balaban J connectivity index is 2.16. The number of hydrogen-bond donors (Lipinski definition) is 1. The second kappa shape index (κ2) is 5.19. The van der Waals surface area contributed by atoms with Crippen molar-refractivity contribution in [2.24, 2.45) is 5.73 Å². The van der Waals surface area contributed by atoms with Crippen molar-refractivity contribution < 1.29 is 0 Å². The molecule has 0 bridgehead atoms. The van der Waals surface area contributed by atoms with Crippen molar-refractivity contribution in [3.05, 3.63) is 69.6 Å². The lowest BCUT2D eigenvalue weighted by Gasteiger charge is -2.15. The Morgan fingerprint density at radius 2 is 1.78 bits per heavy atom. The first-order valence-corrected chi connectivity index (χ1v) is 6.05. The van der Waals surface area contributed by atoms with E-state index >= 15 is 0 Å². The van der Waals surface area contributed by atoms with E-state index in [1.807, 2.05) is 4.57 Å². The third kappa shape index (κ3) is 2.87. The van der Waals surface area contributed by atoms with Gasteiger partial charge in [-0.25, -0.2) is 0 Å². The summed E-state index contributed by atoms with van der Waals surface area (Å²) in [5, 5.41) is 0. The summed E-state index contributed by atoms with van der Waals surface area (Å²) < 4.78 is 1.93. The first-order chi connectivity index (χ1) is 8.56.